The van der Waals surface area contributed by atoms with Crippen molar-refractivity contribution in [3.8, 4) is 0 Å². The molecule has 0 bridgehead atoms. The van der Waals surface area contributed by atoms with Gasteiger partial charge in [-0.1, -0.05) is 55.4 Å². The molecule has 2 aromatic rings. The highest BCUT2D eigenvalue weighted by Crippen LogP contribution is 2.55. The van der Waals surface area contributed by atoms with E-state index in [4.69, 9.17) is 31.9 Å². The predicted molar refractivity (Wildman–Crippen MR) is 194 cm³/mol. The van der Waals surface area contributed by atoms with E-state index in [1.54, 1.807) is 0 Å². The molecule has 4 N–H and O–H groups in total. The van der Waals surface area contributed by atoms with E-state index in [1.165, 1.54) is 33.7 Å². The van der Waals surface area contributed by atoms with Crippen LogP contribution in [0.15, 0.2) is 43.7 Å². The average Bonchev–Trinajstić information content (AvgIpc) is 3.52. The Hall–Kier alpha value is -2.57. The predicted octanol–water partition coefficient (Wildman–Crippen LogP) is 1.50. The number of H-pyrrole nitrogens is 2. The maximum absolute atomic E-state index is 12.7. The van der Waals surface area contributed by atoms with Gasteiger partial charge in [-0.2, -0.15) is 0 Å². The number of ether oxygens (including phenoxy) is 4. The summed E-state index contributed by atoms with van der Waals surface area (Å²) in [4.78, 5) is 51.7. The monoisotopic (exact) mass is 782 g/mol. The molecule has 19 heteroatoms. The molecular formula is C34H54N4O13Si2. The van der Waals surface area contributed by atoms with Gasteiger partial charge in [-0.15, -0.1) is 0 Å². The Morgan fingerprint density at radius 3 is 1.64 bits per heavy atom. The van der Waals surface area contributed by atoms with Gasteiger partial charge in [-0.05, 0) is 22.2 Å². The first-order chi connectivity index (χ1) is 25.0. The molecule has 2 aromatic heterocycles. The standard InChI is InChI=1S/C23H40N2O7Si2.C11H14N2O6/c1-14(2)33(15(3)4)29-13-18-20(31-34(32-33,16(5)6)17(7)8)23(10-12-28-23)21(30-18)25-11-9-19(26)24-22(25)27;14-5-6-8(16)11(2-4-18-11)9(19-6)13-3-1-7(15)12-10(13)17/h9,11,14-18,20-21H,10,12-13H2,1-8H3,(H,24,26,27);1,3,6,8-9,14,16H,2,4-5H2,(H,12,15,17)/t18?,20-,21?,23-;6?,8-,9?,11-/m11/s1. The van der Waals surface area contributed by atoms with Gasteiger partial charge in [0.25, 0.3) is 11.1 Å². The minimum absolute atomic E-state index is 0.172. The molecule has 0 saturated carbocycles. The largest absolute Gasteiger partial charge is 0.414 e. The van der Waals surface area contributed by atoms with Gasteiger partial charge in [-0.3, -0.25) is 28.7 Å². The Balaban J connectivity index is 0.000000213. The molecule has 2 spiro atoms. The Labute approximate surface area is 309 Å². The van der Waals surface area contributed by atoms with Gasteiger partial charge in [0.15, 0.2) is 12.5 Å². The zero-order valence-electron chi connectivity index (χ0n) is 31.6. The van der Waals surface area contributed by atoms with Crippen molar-refractivity contribution in [3.05, 3.63) is 66.2 Å². The Bertz CT molecular complexity index is 1830. The van der Waals surface area contributed by atoms with Crippen LogP contribution in [-0.4, -0.2) is 108 Å². The molecule has 7 heterocycles. The topological polar surface area (TPSA) is 215 Å². The van der Waals surface area contributed by atoms with Crippen molar-refractivity contribution in [2.24, 2.45) is 0 Å². The van der Waals surface area contributed by atoms with Crippen LogP contribution in [0.1, 0.15) is 80.7 Å². The fourth-order valence-corrected chi connectivity index (χ4v) is 19.8. The van der Waals surface area contributed by atoms with Crippen molar-refractivity contribution in [2.75, 3.05) is 26.4 Å². The minimum Gasteiger partial charge on any atom is -0.414 e. The summed E-state index contributed by atoms with van der Waals surface area (Å²) < 4.78 is 47.5. The van der Waals surface area contributed by atoms with Gasteiger partial charge in [-0.25, -0.2) is 9.59 Å². The van der Waals surface area contributed by atoms with Crippen LogP contribution < -0.4 is 22.5 Å². The van der Waals surface area contributed by atoms with Crippen molar-refractivity contribution in [1.82, 2.24) is 19.1 Å². The van der Waals surface area contributed by atoms with Crippen LogP contribution in [0.3, 0.4) is 0 Å². The van der Waals surface area contributed by atoms with Crippen LogP contribution in [-0.2, 0) is 31.9 Å². The first-order valence-corrected chi connectivity index (χ1v) is 22.4. The second-order valence-electron chi connectivity index (χ2n) is 15.8. The summed E-state index contributed by atoms with van der Waals surface area (Å²) in [6.45, 7) is 18.4. The molecule has 5 fully saturated rings. The second-order valence-corrected chi connectivity index (χ2v) is 24.7. The van der Waals surface area contributed by atoms with E-state index < -0.39 is 87.7 Å². The maximum atomic E-state index is 12.7. The van der Waals surface area contributed by atoms with Crippen LogP contribution in [0.5, 0.6) is 0 Å². The molecule has 5 saturated heterocycles. The van der Waals surface area contributed by atoms with E-state index in [0.717, 1.165) is 0 Å². The van der Waals surface area contributed by atoms with Gasteiger partial charge in [0.05, 0.1) is 26.4 Å². The van der Waals surface area contributed by atoms with E-state index in [0.29, 0.717) is 32.7 Å². The minimum atomic E-state index is -2.86. The zero-order chi connectivity index (χ0) is 38.7. The number of hydrogen-bond acceptors (Lipinski definition) is 13. The SMILES string of the molecule is CC(C)[Si]1(C(C)C)OCC2OC(n3ccc(=O)[nH]c3=O)[C@@]3(CCO3)[C@@H]2O[Si](C(C)C)(C(C)C)O1.O=c1ccn(C2OC(CO)[C@@H](O)[C@]23CCO3)c(=O)[nH]1. The lowest BCUT2D eigenvalue weighted by Gasteiger charge is -2.54. The zero-order valence-corrected chi connectivity index (χ0v) is 33.6. The van der Waals surface area contributed by atoms with Crippen molar-refractivity contribution >= 4 is 17.1 Å². The third kappa shape index (κ3) is 6.54. The third-order valence-electron chi connectivity index (χ3n) is 11.6. The van der Waals surface area contributed by atoms with Gasteiger partial charge >= 0.3 is 28.5 Å². The van der Waals surface area contributed by atoms with Crippen LogP contribution >= 0.6 is 0 Å². The number of hydrogen-bond donors (Lipinski definition) is 4. The number of nitrogens with one attached hydrogen (secondary N) is 2. The molecule has 296 valence electrons. The van der Waals surface area contributed by atoms with E-state index in [1.807, 2.05) is 0 Å². The lowest BCUT2D eigenvalue weighted by molar-refractivity contribution is -0.227. The first-order valence-electron chi connectivity index (χ1n) is 18.5. The van der Waals surface area contributed by atoms with Gasteiger partial charge in [0, 0.05) is 37.4 Å². The summed E-state index contributed by atoms with van der Waals surface area (Å²) in [5.41, 5.74) is -3.19. The molecular weight excluding hydrogens is 729 g/mol. The van der Waals surface area contributed by atoms with E-state index >= 15 is 0 Å². The van der Waals surface area contributed by atoms with Crippen LogP contribution in [0, 0.1) is 0 Å². The number of aromatic nitrogens is 4. The molecule has 0 aromatic carbocycles. The summed E-state index contributed by atoms with van der Waals surface area (Å²) in [5.74, 6) is 0. The highest BCUT2D eigenvalue weighted by atomic mass is 28.5. The number of fused-ring (bicyclic) bond motifs is 2. The van der Waals surface area contributed by atoms with Crippen LogP contribution in [0.4, 0.5) is 0 Å². The fourth-order valence-electron chi connectivity index (χ4n) is 8.54. The highest BCUT2D eigenvalue weighted by Gasteiger charge is 2.68. The normalized spacial score (nSPS) is 34.5. The van der Waals surface area contributed by atoms with E-state index in [2.05, 4.69) is 65.4 Å². The summed E-state index contributed by atoms with van der Waals surface area (Å²) in [5, 5.41) is 19.3. The maximum Gasteiger partial charge on any atom is 0.335 e. The van der Waals surface area contributed by atoms with Crippen LogP contribution in [0.25, 0.3) is 0 Å². The lowest BCUT2D eigenvalue weighted by atomic mass is 9.86. The molecule has 0 amide bonds. The smallest absolute Gasteiger partial charge is 0.335 e. The van der Waals surface area contributed by atoms with Crippen molar-refractivity contribution in [2.45, 2.75) is 138 Å². The first kappa shape index (κ1) is 40.1. The van der Waals surface area contributed by atoms with Crippen molar-refractivity contribution < 1.29 is 42.1 Å². The number of rotatable bonds is 7. The second kappa shape index (κ2) is 14.8. The molecule has 7 rings (SSSR count). The Kier molecular flexibility index (Phi) is 11.2. The van der Waals surface area contributed by atoms with E-state index in [9.17, 15) is 29.4 Å². The van der Waals surface area contributed by atoms with Crippen LogP contribution in [0.2, 0.25) is 22.2 Å². The molecule has 4 unspecified atom stereocenters. The Morgan fingerprint density at radius 2 is 1.25 bits per heavy atom. The molecule has 0 radical (unpaired) electrons. The number of aromatic amines is 2. The number of aliphatic hydroxyl groups is 2. The molecule has 17 nitrogen and oxygen atoms in total. The molecule has 5 aliphatic heterocycles. The van der Waals surface area contributed by atoms with E-state index in [-0.39, 0.29) is 28.8 Å². The molecule has 0 aliphatic carbocycles. The summed E-state index contributed by atoms with van der Waals surface area (Å²) in [7, 11) is -5.56. The quantitative estimate of drug-likeness (QED) is 0.294. The number of nitrogens with zero attached hydrogens (tertiary/aromatic N) is 2. The number of aliphatic hydroxyl groups excluding tert-OH is 2. The molecule has 8 atom stereocenters. The summed E-state index contributed by atoms with van der Waals surface area (Å²) >= 11 is 0. The van der Waals surface area contributed by atoms with Gasteiger partial charge < -0.3 is 42.1 Å². The molecule has 53 heavy (non-hydrogen) atoms. The third-order valence-corrected chi connectivity index (χ3v) is 21.8. The lowest BCUT2D eigenvalue weighted by Crippen LogP contribution is -2.68. The van der Waals surface area contributed by atoms with Crippen molar-refractivity contribution in [1.29, 1.82) is 0 Å². The average molecular weight is 783 g/mol. The Morgan fingerprint density at radius 1 is 0.774 bits per heavy atom. The van der Waals surface area contributed by atoms with Crippen molar-refractivity contribution in [3.63, 3.8) is 0 Å². The summed E-state index contributed by atoms with van der Waals surface area (Å²) in [6, 6.07) is 2.52. The van der Waals surface area contributed by atoms with Gasteiger partial charge in [0.1, 0.15) is 35.6 Å². The summed E-state index contributed by atoms with van der Waals surface area (Å²) in [6.07, 6.45) is -0.304. The van der Waals surface area contributed by atoms with Gasteiger partial charge in [0.2, 0.25) is 0 Å². The highest BCUT2D eigenvalue weighted by molar-refractivity contribution is 6.84. The molecule has 5 aliphatic rings. The fraction of sp³-hybridized carbons (Fsp3) is 0.765.